The third-order valence-corrected chi connectivity index (χ3v) is 5.27. The molecule has 2 rings (SSSR count). The quantitative estimate of drug-likeness (QED) is 0.548. The van der Waals surface area contributed by atoms with Crippen LogP contribution in [0, 0.1) is 0 Å². The molecule has 1 heterocycles. The third-order valence-electron chi connectivity index (χ3n) is 4.47. The highest BCUT2D eigenvalue weighted by Crippen LogP contribution is 2.40. The molecule has 0 spiro atoms. The lowest BCUT2D eigenvalue weighted by atomic mass is 10.1. The first kappa shape index (κ1) is 22.2. The minimum atomic E-state index is -4.23. The van der Waals surface area contributed by atoms with Crippen LogP contribution in [0.2, 0.25) is 0 Å². The second kappa shape index (κ2) is 9.41. The number of rotatable bonds is 8. The molecule has 28 heavy (non-hydrogen) atoms. The van der Waals surface area contributed by atoms with Gasteiger partial charge in [0.25, 0.3) is 16.0 Å². The molecule has 1 aliphatic rings. The van der Waals surface area contributed by atoms with Gasteiger partial charge in [0.1, 0.15) is 5.75 Å². The Morgan fingerprint density at radius 1 is 1.07 bits per heavy atom. The number of β-amino-alcohol motifs (C(OH)–C–C–N with tert-alkyl or cyclic N) is 1. The summed E-state index contributed by atoms with van der Waals surface area (Å²) in [5.74, 6) is 0.139. The third kappa shape index (κ3) is 5.47. The molecule has 1 saturated heterocycles. The normalized spacial score (nSPS) is 16.5. The first-order chi connectivity index (χ1) is 13.2. The maximum Gasteiger partial charge on any atom is 0.267 e. The van der Waals surface area contributed by atoms with Crippen molar-refractivity contribution in [3.63, 3.8) is 0 Å². The number of amides is 1. The monoisotopic (exact) mass is 418 g/mol. The number of benzene rings is 1. The van der Waals surface area contributed by atoms with Crippen molar-refractivity contribution in [2.75, 3.05) is 59.8 Å². The van der Waals surface area contributed by atoms with Gasteiger partial charge in [0, 0.05) is 32.7 Å². The van der Waals surface area contributed by atoms with Crippen LogP contribution in [0.1, 0.15) is 10.4 Å². The van der Waals surface area contributed by atoms with Gasteiger partial charge in [0.2, 0.25) is 5.75 Å². The van der Waals surface area contributed by atoms with E-state index in [4.69, 9.17) is 18.8 Å². The highest BCUT2D eigenvalue weighted by Gasteiger charge is 2.28. The Labute approximate surface area is 164 Å². The summed E-state index contributed by atoms with van der Waals surface area (Å²) in [7, 11) is 0.173. The van der Waals surface area contributed by atoms with E-state index >= 15 is 0 Å². The Morgan fingerprint density at radius 3 is 2.18 bits per heavy atom. The van der Waals surface area contributed by atoms with Crippen molar-refractivity contribution in [1.29, 1.82) is 0 Å². The number of aliphatic hydroxyl groups is 1. The van der Waals surface area contributed by atoms with Crippen LogP contribution in [0.4, 0.5) is 0 Å². The standard InChI is InChI=1S/C17H26N2O8S/c1-25-14-5-4-13(15(26-2)16(14)27-3)17(21)19-8-6-18(7-9-19)10-12(20)11-28(22,23)24/h4-5,12,20H,6-11H2,1-3H3,(H,22,23,24). The first-order valence-corrected chi connectivity index (χ1v) is 10.2. The number of hydrogen-bond donors (Lipinski definition) is 2. The van der Waals surface area contributed by atoms with Gasteiger partial charge in [-0.2, -0.15) is 8.42 Å². The number of hydrogen-bond acceptors (Lipinski definition) is 8. The van der Waals surface area contributed by atoms with Gasteiger partial charge in [-0.1, -0.05) is 0 Å². The van der Waals surface area contributed by atoms with Gasteiger partial charge in [0.05, 0.1) is 33.0 Å². The van der Waals surface area contributed by atoms with Crippen molar-refractivity contribution in [2.24, 2.45) is 0 Å². The lowest BCUT2D eigenvalue weighted by molar-refractivity contribution is 0.0553. The van der Waals surface area contributed by atoms with Crippen LogP contribution in [-0.4, -0.2) is 99.7 Å². The summed E-state index contributed by atoms with van der Waals surface area (Å²) in [6.07, 6.45) is -1.19. The summed E-state index contributed by atoms with van der Waals surface area (Å²) >= 11 is 0. The van der Waals surface area contributed by atoms with Crippen molar-refractivity contribution >= 4 is 16.0 Å². The molecule has 0 aromatic heterocycles. The summed E-state index contributed by atoms with van der Waals surface area (Å²) in [6.45, 7) is 1.82. The molecule has 1 fully saturated rings. The fourth-order valence-corrected chi connectivity index (χ4v) is 3.76. The van der Waals surface area contributed by atoms with E-state index in [0.29, 0.717) is 43.2 Å². The van der Waals surface area contributed by atoms with Crippen LogP contribution in [0.3, 0.4) is 0 Å². The lowest BCUT2D eigenvalue weighted by Crippen LogP contribution is -2.51. The molecule has 10 nitrogen and oxygen atoms in total. The van der Waals surface area contributed by atoms with Crippen molar-refractivity contribution in [3.8, 4) is 17.2 Å². The van der Waals surface area contributed by atoms with E-state index in [1.807, 2.05) is 4.90 Å². The Bertz CT molecular complexity index is 791. The second-order valence-electron chi connectivity index (χ2n) is 6.38. The molecule has 158 valence electrons. The number of methoxy groups -OCH3 is 3. The highest BCUT2D eigenvalue weighted by atomic mass is 32.2. The van der Waals surface area contributed by atoms with Gasteiger partial charge in [-0.05, 0) is 12.1 Å². The number of nitrogens with zero attached hydrogens (tertiary/aromatic N) is 2. The molecule has 11 heteroatoms. The predicted molar refractivity (Wildman–Crippen MR) is 101 cm³/mol. The SMILES string of the molecule is COc1ccc(C(=O)N2CCN(CC(O)CS(=O)(=O)O)CC2)c(OC)c1OC. The number of aliphatic hydroxyl groups excluding tert-OH is 1. The predicted octanol–water partition coefficient (Wildman–Crippen LogP) is -0.281. The summed E-state index contributed by atoms with van der Waals surface area (Å²) in [6, 6.07) is 3.25. The van der Waals surface area contributed by atoms with E-state index in [9.17, 15) is 18.3 Å². The van der Waals surface area contributed by atoms with E-state index in [1.54, 1.807) is 17.0 Å². The van der Waals surface area contributed by atoms with Crippen LogP contribution in [-0.2, 0) is 10.1 Å². The van der Waals surface area contributed by atoms with Gasteiger partial charge in [0.15, 0.2) is 11.5 Å². The number of carbonyl (C=O) groups excluding carboxylic acids is 1. The average molecular weight is 418 g/mol. The molecule has 0 aliphatic carbocycles. The van der Waals surface area contributed by atoms with Gasteiger partial charge in [-0.15, -0.1) is 0 Å². The lowest BCUT2D eigenvalue weighted by Gasteiger charge is -2.35. The molecule has 1 aromatic rings. The fourth-order valence-electron chi connectivity index (χ4n) is 3.17. The largest absolute Gasteiger partial charge is 0.493 e. The number of carbonyl (C=O) groups is 1. The Hall–Kier alpha value is -2.08. The van der Waals surface area contributed by atoms with Crippen LogP contribution in [0.25, 0.3) is 0 Å². The zero-order valence-electron chi connectivity index (χ0n) is 16.1. The first-order valence-electron chi connectivity index (χ1n) is 8.64. The van der Waals surface area contributed by atoms with Crippen LogP contribution in [0.15, 0.2) is 12.1 Å². The van der Waals surface area contributed by atoms with Crippen molar-refractivity contribution < 1.29 is 37.1 Å². The molecule has 1 aromatic carbocycles. The van der Waals surface area contributed by atoms with Crippen molar-refractivity contribution in [3.05, 3.63) is 17.7 Å². The Morgan fingerprint density at radius 2 is 1.68 bits per heavy atom. The maximum atomic E-state index is 12.9. The van der Waals surface area contributed by atoms with Gasteiger partial charge in [-0.25, -0.2) is 0 Å². The highest BCUT2D eigenvalue weighted by molar-refractivity contribution is 7.85. The zero-order valence-corrected chi connectivity index (χ0v) is 16.9. The molecule has 1 unspecified atom stereocenters. The van der Waals surface area contributed by atoms with E-state index < -0.39 is 22.0 Å². The molecule has 1 aliphatic heterocycles. The molecule has 0 radical (unpaired) electrons. The van der Waals surface area contributed by atoms with Crippen LogP contribution in [0.5, 0.6) is 17.2 Å². The minimum absolute atomic E-state index is 0.0987. The summed E-state index contributed by atoms with van der Waals surface area (Å²) in [5, 5.41) is 9.76. The van der Waals surface area contributed by atoms with E-state index in [2.05, 4.69) is 0 Å². The van der Waals surface area contributed by atoms with Crippen LogP contribution < -0.4 is 14.2 Å². The summed E-state index contributed by atoms with van der Waals surface area (Å²) < 4.78 is 46.4. The second-order valence-corrected chi connectivity index (χ2v) is 7.87. The molecular weight excluding hydrogens is 392 g/mol. The zero-order chi connectivity index (χ0) is 20.9. The van der Waals surface area contributed by atoms with E-state index in [1.165, 1.54) is 21.3 Å². The van der Waals surface area contributed by atoms with E-state index in [-0.39, 0.29) is 18.2 Å². The Kier molecular flexibility index (Phi) is 7.47. The smallest absolute Gasteiger partial charge is 0.267 e. The summed E-state index contributed by atoms with van der Waals surface area (Å²) in [4.78, 5) is 16.4. The molecule has 0 saturated carbocycles. The van der Waals surface area contributed by atoms with Gasteiger partial charge < -0.3 is 24.2 Å². The molecule has 1 atom stereocenters. The molecular formula is C17H26N2O8S. The Balaban J connectivity index is 2.04. The minimum Gasteiger partial charge on any atom is -0.493 e. The molecule has 1 amide bonds. The van der Waals surface area contributed by atoms with E-state index in [0.717, 1.165) is 0 Å². The maximum absolute atomic E-state index is 12.9. The van der Waals surface area contributed by atoms with Crippen molar-refractivity contribution in [2.45, 2.75) is 6.10 Å². The average Bonchev–Trinajstić information content (AvgIpc) is 2.65. The van der Waals surface area contributed by atoms with Crippen molar-refractivity contribution in [1.82, 2.24) is 9.80 Å². The van der Waals surface area contributed by atoms with Crippen LogP contribution >= 0.6 is 0 Å². The fraction of sp³-hybridized carbons (Fsp3) is 0.588. The number of piperazine rings is 1. The molecule has 0 bridgehead atoms. The van der Waals surface area contributed by atoms with Gasteiger partial charge >= 0.3 is 0 Å². The topological polar surface area (TPSA) is 126 Å². The molecule has 2 N–H and O–H groups in total. The van der Waals surface area contributed by atoms with Gasteiger partial charge in [-0.3, -0.25) is 14.2 Å². The number of ether oxygens (including phenoxy) is 3. The summed E-state index contributed by atoms with van der Waals surface area (Å²) in [5.41, 5.74) is 0.347.